The van der Waals surface area contributed by atoms with Crippen molar-refractivity contribution in [3.8, 4) is 17.2 Å². The minimum atomic E-state index is -0.515. The SMILES string of the molecule is CC1(C(=O)Nc2ccc(Oc3cc(NC(=O)C4(C)CCCCC4)c(Cl)c(Cl)c3O)c(Cl)c2Cl)CCCCC1. The predicted molar refractivity (Wildman–Crippen MR) is 154 cm³/mol. The molecule has 0 bridgehead atoms. The molecule has 206 valence electrons. The maximum atomic E-state index is 13.1. The number of hydrogen-bond acceptors (Lipinski definition) is 4. The Balaban J connectivity index is 1.56. The summed E-state index contributed by atoms with van der Waals surface area (Å²) < 4.78 is 5.87. The number of carbonyl (C=O) groups excluding carboxylic acids is 2. The van der Waals surface area contributed by atoms with Gasteiger partial charge in [-0.15, -0.1) is 0 Å². The van der Waals surface area contributed by atoms with Crippen LogP contribution >= 0.6 is 46.4 Å². The molecular weight excluding hydrogens is 570 g/mol. The van der Waals surface area contributed by atoms with E-state index in [-0.39, 0.29) is 49.1 Å². The molecule has 2 aliphatic rings. The normalized spacial score (nSPS) is 18.5. The molecule has 2 aliphatic carbocycles. The molecule has 0 spiro atoms. The summed E-state index contributed by atoms with van der Waals surface area (Å²) in [6.07, 6.45) is 9.43. The number of benzene rings is 2. The summed E-state index contributed by atoms with van der Waals surface area (Å²) in [6, 6.07) is 4.53. The largest absolute Gasteiger partial charge is 0.503 e. The molecule has 0 saturated heterocycles. The van der Waals surface area contributed by atoms with Crippen molar-refractivity contribution in [1.82, 2.24) is 0 Å². The van der Waals surface area contributed by atoms with E-state index < -0.39 is 16.6 Å². The fourth-order valence-electron chi connectivity index (χ4n) is 5.25. The number of hydrogen-bond donors (Lipinski definition) is 3. The molecule has 3 N–H and O–H groups in total. The number of halogens is 4. The number of carbonyl (C=O) groups is 2. The van der Waals surface area contributed by atoms with Crippen molar-refractivity contribution in [3.05, 3.63) is 38.3 Å². The van der Waals surface area contributed by atoms with Crippen LogP contribution in [0.1, 0.15) is 78.1 Å². The number of phenolic OH excluding ortho intramolecular Hbond substituents is 1. The van der Waals surface area contributed by atoms with Crippen LogP contribution in [0.4, 0.5) is 11.4 Å². The molecule has 0 aliphatic heterocycles. The third-order valence-electron chi connectivity index (χ3n) is 7.92. The van der Waals surface area contributed by atoms with Crippen LogP contribution in [0.15, 0.2) is 18.2 Å². The van der Waals surface area contributed by atoms with Crippen LogP contribution in [-0.4, -0.2) is 16.9 Å². The Morgan fingerprint density at radius 1 is 0.711 bits per heavy atom. The van der Waals surface area contributed by atoms with Crippen LogP contribution in [0.25, 0.3) is 0 Å². The van der Waals surface area contributed by atoms with Gasteiger partial charge in [-0.3, -0.25) is 9.59 Å². The van der Waals surface area contributed by atoms with E-state index in [1.807, 2.05) is 13.8 Å². The summed E-state index contributed by atoms with van der Waals surface area (Å²) in [5, 5.41) is 16.4. The van der Waals surface area contributed by atoms with Gasteiger partial charge in [0.15, 0.2) is 11.5 Å². The lowest BCUT2D eigenvalue weighted by Gasteiger charge is -2.32. The highest BCUT2D eigenvalue weighted by molar-refractivity contribution is 6.45. The van der Waals surface area contributed by atoms with Crippen molar-refractivity contribution in [2.45, 2.75) is 78.1 Å². The minimum absolute atomic E-state index is 0.00248. The molecule has 10 heteroatoms. The molecule has 0 atom stereocenters. The molecule has 2 aromatic rings. The van der Waals surface area contributed by atoms with Gasteiger partial charge >= 0.3 is 0 Å². The van der Waals surface area contributed by atoms with Crippen molar-refractivity contribution < 1.29 is 19.4 Å². The summed E-state index contributed by atoms with van der Waals surface area (Å²) >= 11 is 25.6. The Morgan fingerprint density at radius 3 is 1.71 bits per heavy atom. The van der Waals surface area contributed by atoms with E-state index in [0.29, 0.717) is 5.69 Å². The van der Waals surface area contributed by atoms with E-state index >= 15 is 0 Å². The molecule has 0 heterocycles. The van der Waals surface area contributed by atoms with E-state index in [1.54, 1.807) is 6.07 Å². The van der Waals surface area contributed by atoms with E-state index in [9.17, 15) is 14.7 Å². The van der Waals surface area contributed by atoms with Crippen LogP contribution in [0.2, 0.25) is 20.1 Å². The lowest BCUT2D eigenvalue weighted by molar-refractivity contribution is -0.127. The number of amides is 2. The van der Waals surface area contributed by atoms with Gasteiger partial charge in [-0.25, -0.2) is 0 Å². The van der Waals surface area contributed by atoms with Crippen LogP contribution in [-0.2, 0) is 9.59 Å². The minimum Gasteiger partial charge on any atom is -0.503 e. The van der Waals surface area contributed by atoms with Crippen LogP contribution < -0.4 is 15.4 Å². The zero-order chi connectivity index (χ0) is 27.7. The smallest absolute Gasteiger partial charge is 0.230 e. The Hall–Kier alpha value is -1.86. The first-order valence-corrected chi connectivity index (χ1v) is 14.5. The molecule has 0 radical (unpaired) electrons. The Kier molecular flexibility index (Phi) is 8.98. The molecule has 2 amide bonds. The van der Waals surface area contributed by atoms with Crippen molar-refractivity contribution in [2.24, 2.45) is 10.8 Å². The Labute approximate surface area is 243 Å². The van der Waals surface area contributed by atoms with Crippen LogP contribution in [0.5, 0.6) is 17.2 Å². The molecule has 0 unspecified atom stereocenters. The van der Waals surface area contributed by atoms with Gasteiger partial charge in [0.1, 0.15) is 15.8 Å². The predicted octanol–water partition coefficient (Wildman–Crippen LogP) is 9.62. The lowest BCUT2D eigenvalue weighted by atomic mass is 9.75. The maximum Gasteiger partial charge on any atom is 0.230 e. The monoisotopic (exact) mass is 600 g/mol. The first kappa shape index (κ1) is 29.1. The second kappa shape index (κ2) is 11.7. The van der Waals surface area contributed by atoms with Gasteiger partial charge in [-0.05, 0) is 37.8 Å². The van der Waals surface area contributed by atoms with Gasteiger partial charge in [-0.2, -0.15) is 0 Å². The maximum absolute atomic E-state index is 13.1. The fourth-order valence-corrected chi connectivity index (χ4v) is 6.05. The number of anilines is 2. The van der Waals surface area contributed by atoms with E-state index in [2.05, 4.69) is 10.6 Å². The average Bonchev–Trinajstić information content (AvgIpc) is 2.90. The number of phenols is 1. The van der Waals surface area contributed by atoms with Crippen LogP contribution in [0, 0.1) is 10.8 Å². The average molecular weight is 602 g/mol. The lowest BCUT2D eigenvalue weighted by Crippen LogP contribution is -2.35. The highest BCUT2D eigenvalue weighted by atomic mass is 35.5. The van der Waals surface area contributed by atoms with E-state index in [1.165, 1.54) is 12.1 Å². The number of rotatable bonds is 6. The molecule has 4 rings (SSSR count). The van der Waals surface area contributed by atoms with Gasteiger partial charge in [0.25, 0.3) is 0 Å². The van der Waals surface area contributed by atoms with Gasteiger partial charge in [0.05, 0.1) is 21.4 Å². The van der Waals surface area contributed by atoms with Gasteiger partial charge in [-0.1, -0.05) is 98.8 Å². The van der Waals surface area contributed by atoms with Crippen molar-refractivity contribution in [2.75, 3.05) is 10.6 Å². The van der Waals surface area contributed by atoms with Crippen molar-refractivity contribution in [1.29, 1.82) is 0 Å². The standard InChI is InChI=1S/C28H32Cl4N2O4/c1-27(11-5-3-6-12-27)25(36)33-16-9-10-18(22(31)20(16)29)38-19-15-17(21(30)23(32)24(19)35)34-26(37)28(2)13-7-4-8-14-28/h9-10,15,35H,3-8,11-14H2,1-2H3,(H,33,36)(H,34,37). The second-order valence-corrected chi connectivity index (χ2v) is 12.4. The molecule has 2 aromatic carbocycles. The second-order valence-electron chi connectivity index (χ2n) is 10.9. The first-order valence-electron chi connectivity index (χ1n) is 12.9. The number of ether oxygens (including phenoxy) is 1. The quantitative estimate of drug-likeness (QED) is 0.288. The Bertz CT molecular complexity index is 1240. The third-order valence-corrected chi connectivity index (χ3v) is 9.64. The summed E-state index contributed by atoms with van der Waals surface area (Å²) in [5.74, 6) is -0.609. The van der Waals surface area contributed by atoms with E-state index in [0.717, 1.165) is 64.2 Å². The molecule has 2 fully saturated rings. The molecule has 2 saturated carbocycles. The Morgan fingerprint density at radius 2 is 1.18 bits per heavy atom. The number of nitrogens with one attached hydrogen (secondary N) is 2. The van der Waals surface area contributed by atoms with Gasteiger partial charge in [0, 0.05) is 16.9 Å². The molecule has 38 heavy (non-hydrogen) atoms. The topological polar surface area (TPSA) is 87.7 Å². The van der Waals surface area contributed by atoms with Crippen molar-refractivity contribution >= 4 is 69.6 Å². The molecular formula is C28H32Cl4N2O4. The van der Waals surface area contributed by atoms with E-state index in [4.69, 9.17) is 51.1 Å². The zero-order valence-corrected chi connectivity index (χ0v) is 24.5. The third kappa shape index (κ3) is 5.99. The van der Waals surface area contributed by atoms with Crippen LogP contribution in [0.3, 0.4) is 0 Å². The fraction of sp³-hybridized carbons (Fsp3) is 0.500. The summed E-state index contributed by atoms with van der Waals surface area (Å²) in [4.78, 5) is 26.0. The zero-order valence-electron chi connectivity index (χ0n) is 21.5. The first-order chi connectivity index (χ1) is 17.9. The summed E-state index contributed by atoms with van der Waals surface area (Å²) in [6.45, 7) is 3.90. The highest BCUT2D eigenvalue weighted by Gasteiger charge is 2.36. The molecule has 6 nitrogen and oxygen atoms in total. The summed E-state index contributed by atoms with van der Waals surface area (Å²) in [7, 11) is 0. The van der Waals surface area contributed by atoms with Gasteiger partial charge < -0.3 is 20.5 Å². The molecule has 0 aromatic heterocycles. The van der Waals surface area contributed by atoms with Crippen molar-refractivity contribution in [3.63, 3.8) is 0 Å². The number of aromatic hydroxyl groups is 1. The van der Waals surface area contributed by atoms with Gasteiger partial charge in [0.2, 0.25) is 11.8 Å². The highest BCUT2D eigenvalue weighted by Crippen LogP contribution is 2.48. The summed E-state index contributed by atoms with van der Waals surface area (Å²) in [5.41, 5.74) is -0.385.